The van der Waals surface area contributed by atoms with Crippen molar-refractivity contribution in [3.63, 3.8) is 0 Å². The lowest BCUT2D eigenvalue weighted by molar-refractivity contribution is 0.213. The van der Waals surface area contributed by atoms with E-state index in [0.717, 1.165) is 21.4 Å². The molecule has 0 unspecified atom stereocenters. The Kier molecular flexibility index (Phi) is 6.59. The third-order valence-electron chi connectivity index (χ3n) is 5.22. The summed E-state index contributed by atoms with van der Waals surface area (Å²) in [5.74, 6) is 0.0208. The summed E-state index contributed by atoms with van der Waals surface area (Å²) >= 11 is 0. The lowest BCUT2D eigenvalue weighted by Crippen LogP contribution is -2.37. The van der Waals surface area contributed by atoms with Gasteiger partial charge in [0.25, 0.3) is 5.56 Å². The average molecular weight is 496 g/mol. The maximum absolute atomic E-state index is 14.8. The van der Waals surface area contributed by atoms with Gasteiger partial charge in [-0.15, -0.1) is 0 Å². The number of ether oxygens (including phenoxy) is 4. The van der Waals surface area contributed by atoms with E-state index in [-0.39, 0.29) is 17.2 Å². The van der Waals surface area contributed by atoms with Crippen molar-refractivity contribution in [2.45, 2.75) is 0 Å². The molecule has 36 heavy (non-hydrogen) atoms. The van der Waals surface area contributed by atoms with Gasteiger partial charge < -0.3 is 18.9 Å². The van der Waals surface area contributed by atoms with Crippen LogP contribution >= 0.6 is 0 Å². The lowest BCUT2D eigenvalue weighted by atomic mass is 10.2. The molecule has 4 aromatic rings. The zero-order valence-electron chi connectivity index (χ0n) is 19.7. The first-order chi connectivity index (χ1) is 17.2. The number of aryl methyl sites for hydroxylation is 1. The molecule has 1 amide bonds. The second-order valence-corrected chi connectivity index (χ2v) is 7.55. The number of halogens is 1. The summed E-state index contributed by atoms with van der Waals surface area (Å²) < 4.78 is 38.1. The SMILES string of the molecule is COc1cc2nccc(Oc3ccc(NC(=O)Oc4cn(C)c(=O)n(C)c4=O)cc3F)c2cc1OC. The summed E-state index contributed by atoms with van der Waals surface area (Å²) in [4.78, 5) is 40.4. The molecule has 0 spiro atoms. The van der Waals surface area contributed by atoms with Crippen LogP contribution in [0.5, 0.6) is 28.7 Å². The molecule has 2 aromatic carbocycles. The van der Waals surface area contributed by atoms with Crippen LogP contribution in [0.2, 0.25) is 0 Å². The number of benzene rings is 2. The van der Waals surface area contributed by atoms with Crippen molar-refractivity contribution in [3.05, 3.63) is 75.4 Å². The Morgan fingerprint density at radius 3 is 2.36 bits per heavy atom. The number of rotatable bonds is 6. The van der Waals surface area contributed by atoms with Crippen LogP contribution in [0.3, 0.4) is 0 Å². The van der Waals surface area contributed by atoms with Crippen molar-refractivity contribution < 1.29 is 28.1 Å². The maximum atomic E-state index is 14.8. The van der Waals surface area contributed by atoms with Crippen LogP contribution in [0, 0.1) is 5.82 Å². The Balaban J connectivity index is 1.54. The molecule has 0 aliphatic heterocycles. The largest absolute Gasteiger partial charge is 0.493 e. The minimum atomic E-state index is -1.04. The zero-order chi connectivity index (χ0) is 26.0. The van der Waals surface area contributed by atoms with Crippen LogP contribution in [-0.4, -0.2) is 34.4 Å². The zero-order valence-corrected chi connectivity index (χ0v) is 19.7. The van der Waals surface area contributed by atoms with Gasteiger partial charge in [0.1, 0.15) is 5.75 Å². The number of nitrogens with one attached hydrogen (secondary N) is 1. The number of fused-ring (bicyclic) bond motifs is 1. The van der Waals surface area contributed by atoms with Crippen molar-refractivity contribution in [2.75, 3.05) is 19.5 Å². The summed E-state index contributed by atoms with van der Waals surface area (Å²) in [5, 5.41) is 2.90. The van der Waals surface area contributed by atoms with E-state index in [4.69, 9.17) is 18.9 Å². The van der Waals surface area contributed by atoms with E-state index in [1.54, 1.807) is 18.2 Å². The fourth-order valence-electron chi connectivity index (χ4n) is 3.40. The van der Waals surface area contributed by atoms with E-state index in [0.29, 0.717) is 28.2 Å². The number of amides is 1. The molecular formula is C24H21FN4O7. The van der Waals surface area contributed by atoms with Crippen molar-refractivity contribution in [3.8, 4) is 28.7 Å². The Labute approximate surface area is 203 Å². The average Bonchev–Trinajstić information content (AvgIpc) is 2.86. The monoisotopic (exact) mass is 496 g/mol. The van der Waals surface area contributed by atoms with Gasteiger partial charge in [0, 0.05) is 43.5 Å². The molecule has 1 N–H and O–H groups in total. The number of aromatic nitrogens is 3. The first kappa shape index (κ1) is 24.3. The van der Waals surface area contributed by atoms with Crippen molar-refractivity contribution in [2.24, 2.45) is 14.1 Å². The second-order valence-electron chi connectivity index (χ2n) is 7.55. The van der Waals surface area contributed by atoms with Gasteiger partial charge in [0.15, 0.2) is 23.1 Å². The van der Waals surface area contributed by atoms with Gasteiger partial charge in [-0.05, 0) is 24.3 Å². The smallest absolute Gasteiger partial charge is 0.417 e. The highest BCUT2D eigenvalue weighted by Crippen LogP contribution is 2.37. The fourth-order valence-corrected chi connectivity index (χ4v) is 3.40. The number of carbonyl (C=O) groups excluding carboxylic acids is 1. The number of carbonyl (C=O) groups is 1. The van der Waals surface area contributed by atoms with E-state index in [1.807, 2.05) is 0 Å². The van der Waals surface area contributed by atoms with Gasteiger partial charge in [0.05, 0.1) is 25.9 Å². The summed E-state index contributed by atoms with van der Waals surface area (Å²) in [6.07, 6.45) is 1.56. The van der Waals surface area contributed by atoms with Crippen LogP contribution in [-0.2, 0) is 14.1 Å². The second kappa shape index (κ2) is 9.78. The van der Waals surface area contributed by atoms with Crippen molar-refractivity contribution in [1.29, 1.82) is 0 Å². The molecule has 4 rings (SSSR count). The lowest BCUT2D eigenvalue weighted by Gasteiger charge is -2.13. The fraction of sp³-hybridized carbons (Fsp3) is 0.167. The number of pyridine rings is 1. The minimum absolute atomic E-state index is 0.0532. The highest BCUT2D eigenvalue weighted by atomic mass is 19.1. The molecule has 2 aromatic heterocycles. The van der Waals surface area contributed by atoms with E-state index < -0.39 is 23.2 Å². The highest BCUT2D eigenvalue weighted by molar-refractivity contribution is 5.88. The molecule has 0 saturated carbocycles. The van der Waals surface area contributed by atoms with Crippen molar-refractivity contribution in [1.82, 2.24) is 14.1 Å². The van der Waals surface area contributed by atoms with Gasteiger partial charge >= 0.3 is 11.8 Å². The molecular weight excluding hydrogens is 475 g/mol. The van der Waals surface area contributed by atoms with E-state index in [2.05, 4.69) is 10.3 Å². The number of hydrogen-bond acceptors (Lipinski definition) is 8. The normalized spacial score (nSPS) is 10.7. The van der Waals surface area contributed by atoms with Crippen LogP contribution in [0.1, 0.15) is 0 Å². The number of anilines is 1. The Bertz CT molecular complexity index is 1600. The van der Waals surface area contributed by atoms with Crippen LogP contribution in [0.25, 0.3) is 10.9 Å². The van der Waals surface area contributed by atoms with E-state index >= 15 is 0 Å². The summed E-state index contributed by atoms with van der Waals surface area (Å²) in [5.41, 5.74) is -0.763. The number of nitrogens with zero attached hydrogens (tertiary/aromatic N) is 3. The third kappa shape index (κ3) is 4.69. The molecule has 12 heteroatoms. The van der Waals surface area contributed by atoms with Gasteiger partial charge in [-0.3, -0.25) is 24.2 Å². The summed E-state index contributed by atoms with van der Waals surface area (Å²) in [6.45, 7) is 0. The van der Waals surface area contributed by atoms with Gasteiger partial charge in [0.2, 0.25) is 5.75 Å². The van der Waals surface area contributed by atoms with Gasteiger partial charge in [-0.2, -0.15) is 0 Å². The third-order valence-corrected chi connectivity index (χ3v) is 5.22. The topological polar surface area (TPSA) is 123 Å². The van der Waals surface area contributed by atoms with E-state index in [9.17, 15) is 18.8 Å². The number of methoxy groups -OCH3 is 2. The van der Waals surface area contributed by atoms with Gasteiger partial charge in [-0.1, -0.05) is 0 Å². The molecule has 0 fully saturated rings. The molecule has 186 valence electrons. The highest BCUT2D eigenvalue weighted by Gasteiger charge is 2.16. The maximum Gasteiger partial charge on any atom is 0.417 e. The predicted octanol–water partition coefficient (Wildman–Crippen LogP) is 3.19. The minimum Gasteiger partial charge on any atom is -0.493 e. The van der Waals surface area contributed by atoms with Gasteiger partial charge in [-0.25, -0.2) is 14.0 Å². The van der Waals surface area contributed by atoms with Crippen molar-refractivity contribution >= 4 is 22.7 Å². The Morgan fingerprint density at radius 2 is 1.67 bits per heavy atom. The molecule has 11 nitrogen and oxygen atoms in total. The first-order valence-corrected chi connectivity index (χ1v) is 10.5. The Hall–Kier alpha value is -4.87. The molecule has 0 aliphatic rings. The van der Waals surface area contributed by atoms with Crippen LogP contribution in [0.15, 0.2) is 58.4 Å². The first-order valence-electron chi connectivity index (χ1n) is 10.5. The molecule has 0 saturated heterocycles. The van der Waals surface area contributed by atoms with Crippen LogP contribution < -0.4 is 35.5 Å². The molecule has 2 heterocycles. The van der Waals surface area contributed by atoms with E-state index in [1.165, 1.54) is 46.6 Å². The summed E-state index contributed by atoms with van der Waals surface area (Å²) in [7, 11) is 5.65. The molecule has 0 aliphatic carbocycles. The predicted molar refractivity (Wildman–Crippen MR) is 128 cm³/mol. The van der Waals surface area contributed by atoms with Crippen LogP contribution in [0.4, 0.5) is 14.9 Å². The standard InChI is InChI=1S/C24H21FN4O7/c1-28-12-21(22(30)29(2)24(28)32)36-23(31)27-13-5-6-18(15(25)9-13)35-17-7-8-26-16-11-20(34-4)19(33-3)10-14(16)17/h5-12H,1-4H3,(H,27,31). The quantitative estimate of drug-likeness (QED) is 0.432. The molecule has 0 radical (unpaired) electrons. The molecule has 0 atom stereocenters. The Morgan fingerprint density at radius 1 is 0.944 bits per heavy atom. The number of hydrogen-bond donors (Lipinski definition) is 1. The summed E-state index contributed by atoms with van der Waals surface area (Å²) in [6, 6.07) is 8.67. The molecule has 0 bridgehead atoms.